The molecule has 0 rings (SSSR count). The van der Waals surface area contributed by atoms with Gasteiger partial charge in [0, 0.05) is 6.42 Å². The Morgan fingerprint density at radius 2 is 1.79 bits per heavy atom. The number of allylic oxidation sites excluding steroid dienone is 1. The Morgan fingerprint density at radius 3 is 2.32 bits per heavy atom. The summed E-state index contributed by atoms with van der Waals surface area (Å²) in [5.74, 6) is -2.26. The first-order chi connectivity index (χ1) is 12.9. The molecule has 3 unspecified atom stereocenters. The summed E-state index contributed by atoms with van der Waals surface area (Å²) in [5.41, 5.74) is 3.36. The van der Waals surface area contributed by atoms with Crippen molar-refractivity contribution in [2.75, 3.05) is 12.4 Å². The molecule has 0 aromatic rings. The number of aliphatic hydroxyl groups is 2. The summed E-state index contributed by atoms with van der Waals surface area (Å²) in [4.78, 5) is 12.0. The Balaban J connectivity index is 4.57. The smallest absolute Gasteiger partial charge is 0.330 e. The minimum absolute atomic E-state index is 0.0739. The molecular weight excluding hydrogens is 398 g/mol. The fourth-order valence-corrected chi connectivity index (χ4v) is 3.56. The number of carbonyl (C=O) groups is 1. The van der Waals surface area contributed by atoms with Gasteiger partial charge in [-0.1, -0.05) is 25.0 Å². The van der Waals surface area contributed by atoms with Gasteiger partial charge in [0.2, 0.25) is 16.4 Å². The van der Waals surface area contributed by atoms with E-state index in [1.54, 1.807) is 12.2 Å². The van der Waals surface area contributed by atoms with Crippen LogP contribution in [0.3, 0.4) is 0 Å². The van der Waals surface area contributed by atoms with Crippen LogP contribution in [0.25, 0.3) is 0 Å². The third kappa shape index (κ3) is 11.0. The maximum Gasteiger partial charge on any atom is 0.330 e. The molecule has 0 aliphatic heterocycles. The molecule has 0 aliphatic rings. The number of unbranched alkanes of at least 4 members (excludes halogenated alkanes) is 4. The first-order valence-electron chi connectivity index (χ1n) is 9.20. The highest BCUT2D eigenvalue weighted by molar-refractivity contribution is 7.89. The number of rotatable bonds is 15. The molecule has 6 N–H and O–H groups in total. The van der Waals surface area contributed by atoms with Gasteiger partial charge in [0.1, 0.15) is 6.10 Å². The van der Waals surface area contributed by atoms with E-state index in [2.05, 4.69) is 0 Å². The Labute approximate surface area is 165 Å². The van der Waals surface area contributed by atoms with Crippen LogP contribution in [0, 0.1) is 0 Å². The monoisotopic (exact) mass is 430 g/mol. The lowest BCUT2D eigenvalue weighted by Gasteiger charge is -2.33. The highest BCUT2D eigenvalue weighted by Crippen LogP contribution is 2.18. The summed E-state index contributed by atoms with van der Waals surface area (Å²) in [6, 6.07) is 0. The van der Waals surface area contributed by atoms with Crippen LogP contribution in [0.5, 0.6) is 0 Å². The van der Waals surface area contributed by atoms with Crippen LogP contribution in [0.15, 0.2) is 12.2 Å². The zero-order valence-electron chi connectivity index (χ0n) is 16.1. The number of esters is 1. The van der Waals surface area contributed by atoms with Crippen molar-refractivity contribution in [3.63, 3.8) is 0 Å². The van der Waals surface area contributed by atoms with Gasteiger partial charge >= 0.3 is 5.97 Å². The predicted molar refractivity (Wildman–Crippen MR) is 101 cm³/mol. The number of ether oxygens (including phenoxy) is 1. The fourth-order valence-electron chi connectivity index (χ4n) is 2.60. The van der Waals surface area contributed by atoms with E-state index in [1.807, 2.05) is 0 Å². The molecule has 0 fully saturated rings. The van der Waals surface area contributed by atoms with Gasteiger partial charge in [0.05, 0.1) is 18.5 Å². The molecule has 0 heterocycles. The summed E-state index contributed by atoms with van der Waals surface area (Å²) in [6.07, 6.45) is 0.856. The van der Waals surface area contributed by atoms with E-state index >= 15 is 0 Å². The van der Waals surface area contributed by atoms with Gasteiger partial charge in [-0.3, -0.25) is 0 Å². The number of halogens is 2. The highest BCUT2D eigenvalue weighted by Gasteiger charge is 2.48. The third-order valence-electron chi connectivity index (χ3n) is 4.08. The molecule has 0 aromatic carbocycles. The maximum absolute atomic E-state index is 12.0. The van der Waals surface area contributed by atoms with Gasteiger partial charge in [-0.25, -0.2) is 27.1 Å². The number of hydrogen-bond donors (Lipinski definition) is 4. The van der Waals surface area contributed by atoms with E-state index in [9.17, 15) is 32.2 Å². The van der Waals surface area contributed by atoms with Crippen LogP contribution >= 0.6 is 0 Å². The van der Waals surface area contributed by atoms with Crippen LogP contribution in [-0.2, 0) is 19.6 Å². The van der Waals surface area contributed by atoms with Gasteiger partial charge in [0.15, 0.2) is 5.54 Å². The average molecular weight is 431 g/mol. The van der Waals surface area contributed by atoms with Crippen molar-refractivity contribution in [1.82, 2.24) is 0 Å². The number of nitrogens with two attached hydrogens (primary N) is 2. The summed E-state index contributed by atoms with van der Waals surface area (Å²) < 4.78 is 51.4. The molecule has 8 nitrogen and oxygen atoms in total. The van der Waals surface area contributed by atoms with E-state index in [-0.39, 0.29) is 19.4 Å². The molecule has 166 valence electrons. The van der Waals surface area contributed by atoms with E-state index in [1.165, 1.54) is 6.92 Å². The molecule has 0 radical (unpaired) electrons. The van der Waals surface area contributed by atoms with E-state index < -0.39 is 45.9 Å². The van der Waals surface area contributed by atoms with Crippen molar-refractivity contribution in [3.05, 3.63) is 12.2 Å². The third-order valence-corrected chi connectivity index (χ3v) is 4.96. The van der Waals surface area contributed by atoms with E-state index in [0.29, 0.717) is 19.3 Å². The quantitative estimate of drug-likeness (QED) is 0.170. The molecule has 28 heavy (non-hydrogen) atoms. The summed E-state index contributed by atoms with van der Waals surface area (Å²) in [5, 5.41) is 25.3. The Hall–Kier alpha value is -1.14. The van der Waals surface area contributed by atoms with Crippen LogP contribution in [-0.4, -0.2) is 61.1 Å². The van der Waals surface area contributed by atoms with Crippen LogP contribution in [0.4, 0.5) is 8.78 Å². The normalized spacial score (nSPS) is 16.9. The number of aliphatic hydroxyl groups excluding tert-OH is 2. The SMILES string of the molecule is CCOC(=O)C(N)(CS(N)(=O)=O)C(O)C(O)C/C=C/CCCCCCC(F)F. The second kappa shape index (κ2) is 13.2. The van der Waals surface area contributed by atoms with E-state index in [4.69, 9.17) is 15.6 Å². The predicted octanol–water partition coefficient (Wildman–Crippen LogP) is 0.809. The average Bonchev–Trinajstić information content (AvgIpc) is 2.57. The molecule has 0 spiro atoms. The van der Waals surface area contributed by atoms with Crippen molar-refractivity contribution < 1.29 is 36.9 Å². The second-order valence-corrected chi connectivity index (χ2v) is 8.28. The van der Waals surface area contributed by atoms with Crippen molar-refractivity contribution in [1.29, 1.82) is 0 Å². The van der Waals surface area contributed by atoms with Gasteiger partial charge < -0.3 is 20.7 Å². The van der Waals surface area contributed by atoms with Gasteiger partial charge in [-0.15, -0.1) is 0 Å². The fraction of sp³-hybridized carbons (Fsp3) is 0.824. The topological polar surface area (TPSA) is 153 Å². The van der Waals surface area contributed by atoms with Crippen LogP contribution in [0.2, 0.25) is 0 Å². The molecule has 0 saturated heterocycles. The molecule has 0 bridgehead atoms. The standard InChI is InChI=1S/C17H32F2N2O6S/c1-2-27-16(24)17(20,12-28(21,25)26)15(23)13(22)10-8-6-4-3-5-7-9-11-14(18)19/h6,8,13-15,22-23H,2-5,7,9-12,20H2,1H3,(H2,21,25,26)/b8-6+. The summed E-state index contributed by atoms with van der Waals surface area (Å²) in [7, 11) is -4.23. The molecule has 0 amide bonds. The zero-order chi connectivity index (χ0) is 21.8. The van der Waals surface area contributed by atoms with E-state index in [0.717, 1.165) is 12.8 Å². The van der Waals surface area contributed by atoms with Gasteiger partial charge in [-0.2, -0.15) is 0 Å². The lowest BCUT2D eigenvalue weighted by molar-refractivity contribution is -0.156. The largest absolute Gasteiger partial charge is 0.465 e. The number of primary sulfonamides is 1. The molecule has 0 saturated carbocycles. The molecule has 0 aliphatic carbocycles. The summed E-state index contributed by atoms with van der Waals surface area (Å²) >= 11 is 0. The van der Waals surface area contributed by atoms with Crippen LogP contribution < -0.4 is 10.9 Å². The van der Waals surface area contributed by atoms with Crippen LogP contribution in [0.1, 0.15) is 51.9 Å². The van der Waals surface area contributed by atoms with Gasteiger partial charge in [0.25, 0.3) is 0 Å². The molecule has 3 atom stereocenters. The second-order valence-electron chi connectivity index (χ2n) is 6.67. The lowest BCUT2D eigenvalue weighted by Crippen LogP contribution is -2.66. The maximum atomic E-state index is 12.0. The number of alkyl halides is 2. The minimum atomic E-state index is -4.23. The number of carbonyl (C=O) groups excluding carboxylic acids is 1. The zero-order valence-corrected chi connectivity index (χ0v) is 16.9. The first kappa shape index (κ1) is 26.9. The molecular formula is C17H32F2N2O6S. The Bertz CT molecular complexity index is 588. The lowest BCUT2D eigenvalue weighted by atomic mass is 9.90. The molecule has 0 aromatic heterocycles. The van der Waals surface area contributed by atoms with Crippen molar-refractivity contribution in [2.45, 2.75) is 76.0 Å². The van der Waals surface area contributed by atoms with Gasteiger partial charge in [-0.05, 0) is 32.6 Å². The number of sulfonamides is 1. The molecule has 11 heteroatoms. The Kier molecular flexibility index (Phi) is 12.6. The minimum Gasteiger partial charge on any atom is -0.465 e. The van der Waals surface area contributed by atoms with Crippen molar-refractivity contribution >= 4 is 16.0 Å². The number of hydrogen-bond acceptors (Lipinski definition) is 7. The summed E-state index contributed by atoms with van der Waals surface area (Å²) in [6.45, 7) is 1.39. The first-order valence-corrected chi connectivity index (χ1v) is 10.9. The van der Waals surface area contributed by atoms with Crippen molar-refractivity contribution in [3.8, 4) is 0 Å². The highest BCUT2D eigenvalue weighted by atomic mass is 32.2. The van der Waals surface area contributed by atoms with Crippen molar-refractivity contribution in [2.24, 2.45) is 10.9 Å². The Morgan fingerprint density at radius 1 is 1.18 bits per heavy atom.